The SMILES string of the molecule is CC(C)Oc1ccc(S(=O)(=O)NCCC2OCCO2)cc1. The second kappa shape index (κ2) is 7.22. The average molecular weight is 315 g/mol. The summed E-state index contributed by atoms with van der Waals surface area (Å²) in [6, 6.07) is 6.36. The fraction of sp³-hybridized carbons (Fsp3) is 0.571. The molecule has 21 heavy (non-hydrogen) atoms. The number of ether oxygens (including phenoxy) is 3. The van der Waals surface area contributed by atoms with E-state index in [1.54, 1.807) is 12.1 Å². The van der Waals surface area contributed by atoms with E-state index in [0.29, 0.717) is 25.4 Å². The Balaban J connectivity index is 1.88. The normalized spacial score (nSPS) is 16.5. The van der Waals surface area contributed by atoms with Gasteiger partial charge in [-0.25, -0.2) is 13.1 Å². The summed E-state index contributed by atoms with van der Waals surface area (Å²) in [6.07, 6.45) is 0.236. The Morgan fingerprint density at radius 2 is 1.86 bits per heavy atom. The van der Waals surface area contributed by atoms with Gasteiger partial charge in [0, 0.05) is 13.0 Å². The lowest BCUT2D eigenvalue weighted by atomic mass is 10.3. The van der Waals surface area contributed by atoms with Crippen molar-refractivity contribution in [3.05, 3.63) is 24.3 Å². The van der Waals surface area contributed by atoms with Crippen LogP contribution in [0.3, 0.4) is 0 Å². The van der Waals surface area contributed by atoms with Crippen molar-refractivity contribution in [2.75, 3.05) is 19.8 Å². The monoisotopic (exact) mass is 315 g/mol. The van der Waals surface area contributed by atoms with Gasteiger partial charge in [-0.1, -0.05) is 0 Å². The van der Waals surface area contributed by atoms with Crippen molar-refractivity contribution in [1.29, 1.82) is 0 Å². The summed E-state index contributed by atoms with van der Waals surface area (Å²) in [5, 5.41) is 0. The Kier molecular flexibility index (Phi) is 5.58. The number of rotatable bonds is 7. The van der Waals surface area contributed by atoms with Gasteiger partial charge in [0.25, 0.3) is 0 Å². The Morgan fingerprint density at radius 3 is 2.43 bits per heavy atom. The Hall–Kier alpha value is -1.15. The highest BCUT2D eigenvalue weighted by Crippen LogP contribution is 2.17. The van der Waals surface area contributed by atoms with Gasteiger partial charge in [-0.05, 0) is 38.1 Å². The molecule has 6 nitrogen and oxygen atoms in total. The Labute approximate surface area is 125 Å². The van der Waals surface area contributed by atoms with E-state index in [1.807, 2.05) is 13.8 Å². The highest BCUT2D eigenvalue weighted by Gasteiger charge is 2.18. The van der Waals surface area contributed by atoms with Crippen LogP contribution in [0, 0.1) is 0 Å². The molecule has 1 fully saturated rings. The predicted octanol–water partition coefficient (Wildman–Crippen LogP) is 1.52. The molecule has 0 amide bonds. The molecule has 1 saturated heterocycles. The van der Waals surface area contributed by atoms with Gasteiger partial charge in [-0.3, -0.25) is 0 Å². The first-order valence-electron chi connectivity index (χ1n) is 6.97. The molecule has 2 rings (SSSR count). The lowest BCUT2D eigenvalue weighted by molar-refractivity contribution is -0.0451. The van der Waals surface area contributed by atoms with E-state index in [-0.39, 0.29) is 23.8 Å². The van der Waals surface area contributed by atoms with Crippen molar-refractivity contribution in [2.45, 2.75) is 37.6 Å². The molecule has 1 aliphatic heterocycles. The van der Waals surface area contributed by atoms with Crippen LogP contribution in [0.25, 0.3) is 0 Å². The average Bonchev–Trinajstić information content (AvgIpc) is 2.91. The first kappa shape index (κ1) is 16.2. The first-order chi connectivity index (χ1) is 9.97. The molecule has 0 spiro atoms. The van der Waals surface area contributed by atoms with E-state index in [2.05, 4.69) is 4.72 Å². The number of benzene rings is 1. The van der Waals surface area contributed by atoms with Crippen molar-refractivity contribution < 1.29 is 22.6 Å². The van der Waals surface area contributed by atoms with Gasteiger partial charge in [0.05, 0.1) is 24.2 Å². The zero-order valence-electron chi connectivity index (χ0n) is 12.2. The van der Waals surface area contributed by atoms with Gasteiger partial charge in [-0.15, -0.1) is 0 Å². The third-order valence-corrected chi connectivity index (χ3v) is 4.35. The lowest BCUT2D eigenvalue weighted by Crippen LogP contribution is -2.27. The van der Waals surface area contributed by atoms with Crippen molar-refractivity contribution >= 4 is 10.0 Å². The third kappa shape index (κ3) is 4.96. The first-order valence-corrected chi connectivity index (χ1v) is 8.45. The summed E-state index contributed by atoms with van der Waals surface area (Å²) in [4.78, 5) is 0.215. The minimum Gasteiger partial charge on any atom is -0.491 e. The maximum Gasteiger partial charge on any atom is 0.240 e. The molecule has 1 aromatic rings. The fourth-order valence-corrected chi connectivity index (χ4v) is 2.99. The number of hydrogen-bond donors (Lipinski definition) is 1. The van der Waals surface area contributed by atoms with Crippen LogP contribution in [0.2, 0.25) is 0 Å². The summed E-state index contributed by atoms with van der Waals surface area (Å²) < 4.78 is 42.7. The van der Waals surface area contributed by atoms with Gasteiger partial charge in [0.15, 0.2) is 6.29 Å². The summed E-state index contributed by atoms with van der Waals surface area (Å²) >= 11 is 0. The molecular formula is C14H21NO5S. The molecule has 1 aliphatic rings. The Bertz CT molecular complexity index is 535. The molecule has 118 valence electrons. The molecule has 1 aromatic carbocycles. The second-order valence-corrected chi connectivity index (χ2v) is 6.76. The van der Waals surface area contributed by atoms with E-state index >= 15 is 0 Å². The number of nitrogens with one attached hydrogen (secondary N) is 1. The van der Waals surface area contributed by atoms with Crippen LogP contribution in [0.5, 0.6) is 5.75 Å². The Morgan fingerprint density at radius 1 is 1.24 bits per heavy atom. The van der Waals surface area contributed by atoms with E-state index in [1.165, 1.54) is 12.1 Å². The number of sulfonamides is 1. The molecule has 0 aromatic heterocycles. The van der Waals surface area contributed by atoms with Crippen molar-refractivity contribution in [1.82, 2.24) is 4.72 Å². The van der Waals surface area contributed by atoms with Crippen LogP contribution in [0.15, 0.2) is 29.2 Å². The fourth-order valence-electron chi connectivity index (χ4n) is 1.94. The highest BCUT2D eigenvalue weighted by molar-refractivity contribution is 7.89. The van der Waals surface area contributed by atoms with Crippen LogP contribution in [0.4, 0.5) is 0 Å². The molecule has 0 aliphatic carbocycles. The van der Waals surface area contributed by atoms with Crippen molar-refractivity contribution in [2.24, 2.45) is 0 Å². The number of hydrogen-bond acceptors (Lipinski definition) is 5. The minimum atomic E-state index is -3.51. The summed E-state index contributed by atoms with van der Waals surface area (Å²) in [5.41, 5.74) is 0. The zero-order chi connectivity index (χ0) is 15.3. The molecule has 7 heteroatoms. The second-order valence-electron chi connectivity index (χ2n) is 5.00. The quantitative estimate of drug-likeness (QED) is 0.826. The predicted molar refractivity (Wildman–Crippen MR) is 77.7 cm³/mol. The van der Waals surface area contributed by atoms with Crippen LogP contribution in [0.1, 0.15) is 20.3 Å². The molecule has 0 bridgehead atoms. The molecule has 0 radical (unpaired) electrons. The summed E-state index contributed by atoms with van der Waals surface area (Å²) in [7, 11) is -3.51. The molecular weight excluding hydrogens is 294 g/mol. The zero-order valence-corrected chi connectivity index (χ0v) is 13.1. The van der Waals surface area contributed by atoms with Crippen LogP contribution >= 0.6 is 0 Å². The van der Waals surface area contributed by atoms with Crippen LogP contribution in [-0.4, -0.2) is 40.6 Å². The molecule has 1 N–H and O–H groups in total. The van der Waals surface area contributed by atoms with Gasteiger partial charge in [0.2, 0.25) is 10.0 Å². The topological polar surface area (TPSA) is 73.9 Å². The lowest BCUT2D eigenvalue weighted by Gasteiger charge is -2.12. The van der Waals surface area contributed by atoms with E-state index < -0.39 is 10.0 Å². The molecule has 0 atom stereocenters. The maximum absolute atomic E-state index is 12.1. The van der Waals surface area contributed by atoms with E-state index in [4.69, 9.17) is 14.2 Å². The molecule has 1 heterocycles. The van der Waals surface area contributed by atoms with Gasteiger partial charge in [-0.2, -0.15) is 0 Å². The van der Waals surface area contributed by atoms with Crippen LogP contribution < -0.4 is 9.46 Å². The van der Waals surface area contributed by atoms with Gasteiger partial charge < -0.3 is 14.2 Å². The van der Waals surface area contributed by atoms with Gasteiger partial charge >= 0.3 is 0 Å². The molecule has 0 unspecified atom stereocenters. The third-order valence-electron chi connectivity index (χ3n) is 2.87. The van der Waals surface area contributed by atoms with E-state index in [9.17, 15) is 8.42 Å². The smallest absolute Gasteiger partial charge is 0.240 e. The van der Waals surface area contributed by atoms with Crippen molar-refractivity contribution in [3.63, 3.8) is 0 Å². The summed E-state index contributed by atoms with van der Waals surface area (Å²) in [6.45, 7) is 5.24. The standard InChI is InChI=1S/C14H21NO5S/c1-11(2)20-12-3-5-13(6-4-12)21(16,17)15-8-7-14-18-9-10-19-14/h3-6,11,14-15H,7-10H2,1-2H3. The minimum absolute atomic E-state index is 0.0528. The van der Waals surface area contributed by atoms with E-state index in [0.717, 1.165) is 0 Å². The van der Waals surface area contributed by atoms with Gasteiger partial charge in [0.1, 0.15) is 5.75 Å². The molecule has 0 saturated carbocycles. The highest BCUT2D eigenvalue weighted by atomic mass is 32.2. The van der Waals surface area contributed by atoms with Crippen LogP contribution in [-0.2, 0) is 19.5 Å². The van der Waals surface area contributed by atoms with Crippen molar-refractivity contribution in [3.8, 4) is 5.75 Å². The summed E-state index contributed by atoms with van der Waals surface area (Å²) in [5.74, 6) is 0.650. The maximum atomic E-state index is 12.1. The largest absolute Gasteiger partial charge is 0.491 e.